The van der Waals surface area contributed by atoms with Crippen LogP contribution in [-0.2, 0) is 4.79 Å². The molecule has 1 unspecified atom stereocenters. The molecule has 1 aromatic carbocycles. The molecule has 1 aromatic rings. The van der Waals surface area contributed by atoms with Crippen LogP contribution in [0, 0.1) is 0 Å². The number of ether oxygens (including phenoxy) is 2. The van der Waals surface area contributed by atoms with Crippen molar-refractivity contribution in [2.75, 3.05) is 13.3 Å². The second kappa shape index (κ2) is 6.24. The Labute approximate surface area is 111 Å². The van der Waals surface area contributed by atoms with Crippen molar-refractivity contribution in [3.8, 4) is 11.5 Å². The van der Waals surface area contributed by atoms with E-state index in [1.165, 1.54) is 6.08 Å². The fourth-order valence-corrected chi connectivity index (χ4v) is 1.61. The molecule has 5 heteroatoms. The lowest BCUT2D eigenvalue weighted by Crippen LogP contribution is -2.30. The van der Waals surface area contributed by atoms with E-state index in [1.807, 2.05) is 19.1 Å². The molecule has 102 valence electrons. The minimum Gasteiger partial charge on any atom is -0.454 e. The van der Waals surface area contributed by atoms with Gasteiger partial charge in [0.2, 0.25) is 12.7 Å². The highest BCUT2D eigenvalue weighted by Crippen LogP contribution is 2.32. The molecule has 2 N–H and O–H groups in total. The van der Waals surface area contributed by atoms with Gasteiger partial charge in [0.1, 0.15) is 0 Å². The number of hydrogen-bond acceptors (Lipinski definition) is 4. The van der Waals surface area contributed by atoms with E-state index in [-0.39, 0.29) is 19.2 Å². The Hall–Kier alpha value is -2.01. The van der Waals surface area contributed by atoms with Crippen LogP contribution in [0.1, 0.15) is 18.9 Å². The van der Waals surface area contributed by atoms with Crippen LogP contribution in [0.3, 0.4) is 0 Å². The van der Waals surface area contributed by atoms with E-state index < -0.39 is 6.10 Å². The summed E-state index contributed by atoms with van der Waals surface area (Å²) in [5.74, 6) is 1.17. The first-order valence-corrected chi connectivity index (χ1v) is 6.22. The Bertz CT molecular complexity index is 484. The number of hydrogen-bond donors (Lipinski definition) is 2. The molecule has 1 aliphatic rings. The van der Waals surface area contributed by atoms with Crippen LogP contribution in [0.2, 0.25) is 0 Å². The maximum Gasteiger partial charge on any atom is 0.244 e. The zero-order chi connectivity index (χ0) is 13.7. The summed E-state index contributed by atoms with van der Waals surface area (Å²) in [4.78, 5) is 11.5. The average Bonchev–Trinajstić information content (AvgIpc) is 2.89. The van der Waals surface area contributed by atoms with Gasteiger partial charge in [-0.25, -0.2) is 0 Å². The van der Waals surface area contributed by atoms with Gasteiger partial charge in [0, 0.05) is 12.6 Å². The summed E-state index contributed by atoms with van der Waals surface area (Å²) in [6.07, 6.45) is 3.24. The van der Waals surface area contributed by atoms with Gasteiger partial charge in [0.15, 0.2) is 11.5 Å². The Morgan fingerprint density at radius 1 is 1.47 bits per heavy atom. The van der Waals surface area contributed by atoms with Crippen molar-refractivity contribution in [2.24, 2.45) is 0 Å². The molecule has 2 rings (SSSR count). The van der Waals surface area contributed by atoms with Gasteiger partial charge in [-0.15, -0.1) is 0 Å². The number of rotatable bonds is 5. The highest BCUT2D eigenvalue weighted by atomic mass is 16.7. The zero-order valence-electron chi connectivity index (χ0n) is 10.8. The Morgan fingerprint density at radius 2 is 2.26 bits per heavy atom. The number of aliphatic hydroxyl groups is 1. The van der Waals surface area contributed by atoms with E-state index in [0.29, 0.717) is 17.9 Å². The van der Waals surface area contributed by atoms with Crippen LogP contribution in [0.25, 0.3) is 6.08 Å². The smallest absolute Gasteiger partial charge is 0.244 e. The summed E-state index contributed by atoms with van der Waals surface area (Å²) < 4.78 is 10.5. The van der Waals surface area contributed by atoms with Gasteiger partial charge in [-0.05, 0) is 30.2 Å². The quantitative estimate of drug-likeness (QED) is 0.786. The molecule has 1 atom stereocenters. The molecule has 0 spiro atoms. The minimum absolute atomic E-state index is 0.231. The maximum absolute atomic E-state index is 11.5. The van der Waals surface area contributed by atoms with Crippen molar-refractivity contribution in [1.29, 1.82) is 0 Å². The van der Waals surface area contributed by atoms with Gasteiger partial charge < -0.3 is 19.9 Å². The molecule has 19 heavy (non-hydrogen) atoms. The first kappa shape index (κ1) is 13.4. The molecule has 0 radical (unpaired) electrons. The Morgan fingerprint density at radius 3 is 3.05 bits per heavy atom. The lowest BCUT2D eigenvalue weighted by Gasteiger charge is -2.07. The van der Waals surface area contributed by atoms with Gasteiger partial charge >= 0.3 is 0 Å². The Kier molecular flexibility index (Phi) is 4.41. The third-order valence-electron chi connectivity index (χ3n) is 2.81. The predicted molar refractivity (Wildman–Crippen MR) is 70.9 cm³/mol. The molecule has 0 aliphatic carbocycles. The minimum atomic E-state index is -0.497. The largest absolute Gasteiger partial charge is 0.454 e. The van der Waals surface area contributed by atoms with Crippen LogP contribution in [0.15, 0.2) is 24.3 Å². The topological polar surface area (TPSA) is 67.8 Å². The van der Waals surface area contributed by atoms with Gasteiger partial charge in [0.25, 0.3) is 0 Å². The Balaban J connectivity index is 1.89. The highest BCUT2D eigenvalue weighted by molar-refractivity contribution is 5.91. The van der Waals surface area contributed by atoms with Crippen molar-refractivity contribution in [1.82, 2.24) is 5.32 Å². The fraction of sp³-hybridized carbons (Fsp3) is 0.357. The maximum atomic E-state index is 11.5. The highest BCUT2D eigenvalue weighted by Gasteiger charge is 2.12. The third kappa shape index (κ3) is 3.72. The molecule has 0 fully saturated rings. The second-order valence-electron chi connectivity index (χ2n) is 4.25. The summed E-state index contributed by atoms with van der Waals surface area (Å²) in [5, 5.41) is 12.0. The average molecular weight is 263 g/mol. The number of nitrogens with one attached hydrogen (secondary N) is 1. The first-order chi connectivity index (χ1) is 9.19. The summed E-state index contributed by atoms with van der Waals surface area (Å²) in [6.45, 7) is 2.36. The zero-order valence-corrected chi connectivity index (χ0v) is 10.8. The van der Waals surface area contributed by atoms with Gasteiger partial charge in [-0.3, -0.25) is 4.79 Å². The van der Waals surface area contributed by atoms with E-state index in [9.17, 15) is 9.90 Å². The van der Waals surface area contributed by atoms with Crippen LogP contribution < -0.4 is 14.8 Å². The van der Waals surface area contributed by atoms with Crippen LogP contribution in [-0.4, -0.2) is 30.5 Å². The van der Waals surface area contributed by atoms with Crippen LogP contribution in [0.4, 0.5) is 0 Å². The van der Waals surface area contributed by atoms with E-state index in [2.05, 4.69) is 5.32 Å². The molecule has 5 nitrogen and oxygen atoms in total. The van der Waals surface area contributed by atoms with Gasteiger partial charge in [0.05, 0.1) is 6.10 Å². The number of carbonyl (C=O) groups is 1. The normalized spacial score (nSPS) is 14.6. The number of carbonyl (C=O) groups excluding carboxylic acids is 1. The van der Waals surface area contributed by atoms with Crippen LogP contribution >= 0.6 is 0 Å². The summed E-state index contributed by atoms with van der Waals surface area (Å²) >= 11 is 0. The lowest BCUT2D eigenvalue weighted by molar-refractivity contribution is -0.116. The van der Waals surface area contributed by atoms with Gasteiger partial charge in [-0.1, -0.05) is 13.0 Å². The molecule has 0 saturated heterocycles. The van der Waals surface area contributed by atoms with Crippen molar-refractivity contribution in [2.45, 2.75) is 19.4 Å². The monoisotopic (exact) mass is 263 g/mol. The third-order valence-corrected chi connectivity index (χ3v) is 2.81. The van der Waals surface area contributed by atoms with Gasteiger partial charge in [-0.2, -0.15) is 0 Å². The lowest BCUT2D eigenvalue weighted by atomic mass is 10.2. The van der Waals surface area contributed by atoms with Crippen molar-refractivity contribution < 1.29 is 19.4 Å². The number of benzene rings is 1. The molecular weight excluding hydrogens is 246 g/mol. The number of fused-ring (bicyclic) bond motifs is 1. The van der Waals surface area contributed by atoms with Crippen LogP contribution in [0.5, 0.6) is 11.5 Å². The number of amides is 1. The SMILES string of the molecule is CCC(O)CNC(=O)/C=C/c1ccc2c(c1)OCO2. The summed E-state index contributed by atoms with van der Waals surface area (Å²) in [6, 6.07) is 5.46. The molecule has 1 heterocycles. The number of aliphatic hydroxyl groups excluding tert-OH is 1. The second-order valence-corrected chi connectivity index (χ2v) is 4.25. The molecule has 1 amide bonds. The van der Waals surface area contributed by atoms with Crippen molar-refractivity contribution >= 4 is 12.0 Å². The van der Waals surface area contributed by atoms with Crippen molar-refractivity contribution in [3.05, 3.63) is 29.8 Å². The van der Waals surface area contributed by atoms with E-state index in [0.717, 1.165) is 5.56 Å². The molecule has 0 bridgehead atoms. The predicted octanol–water partition coefficient (Wildman–Crippen LogP) is 1.32. The standard InChI is InChI=1S/C14H17NO4/c1-2-11(16)8-15-14(17)6-4-10-3-5-12-13(7-10)19-9-18-12/h3-7,11,16H,2,8-9H2,1H3,(H,15,17)/b6-4+. The van der Waals surface area contributed by atoms with E-state index in [1.54, 1.807) is 12.1 Å². The molecular formula is C14H17NO4. The molecule has 0 aromatic heterocycles. The molecule has 1 aliphatic heterocycles. The van der Waals surface area contributed by atoms with Crippen molar-refractivity contribution in [3.63, 3.8) is 0 Å². The fourth-order valence-electron chi connectivity index (χ4n) is 1.61. The van der Waals surface area contributed by atoms with E-state index >= 15 is 0 Å². The summed E-state index contributed by atoms with van der Waals surface area (Å²) in [7, 11) is 0. The summed E-state index contributed by atoms with van der Waals surface area (Å²) in [5.41, 5.74) is 0.857. The molecule has 0 saturated carbocycles. The first-order valence-electron chi connectivity index (χ1n) is 6.22. The van der Waals surface area contributed by atoms with E-state index in [4.69, 9.17) is 9.47 Å².